The molecule has 2 atom stereocenters. The summed E-state index contributed by atoms with van der Waals surface area (Å²) in [6.45, 7) is 2.08. The topological polar surface area (TPSA) is 55.1 Å². The average molecular weight is 304 g/mol. The summed E-state index contributed by atoms with van der Waals surface area (Å²) in [5, 5.41) is 10.1. The number of hydrogen-bond acceptors (Lipinski definition) is 3. The Labute approximate surface area is 128 Å². The standard InChI is InChI=1S/C16H20N2O2S/c1-3-14-17-15-12(16(19)20)5-4-6-13(15)18(14)10-7-8-11(9-10)21-2/h4-6,10-11H,3,7-9H2,1-2H3,(H,19,20). The quantitative estimate of drug-likeness (QED) is 0.934. The summed E-state index contributed by atoms with van der Waals surface area (Å²) in [6.07, 6.45) is 6.53. The lowest BCUT2D eigenvalue weighted by atomic mass is 10.1. The molecule has 1 N–H and O–H groups in total. The minimum absolute atomic E-state index is 0.306. The Kier molecular flexibility index (Phi) is 3.93. The highest BCUT2D eigenvalue weighted by Gasteiger charge is 2.28. The highest BCUT2D eigenvalue weighted by molar-refractivity contribution is 7.99. The van der Waals surface area contributed by atoms with Crippen LogP contribution >= 0.6 is 11.8 Å². The van der Waals surface area contributed by atoms with E-state index in [1.54, 1.807) is 6.07 Å². The van der Waals surface area contributed by atoms with Crippen molar-refractivity contribution >= 4 is 28.8 Å². The molecule has 5 heteroatoms. The van der Waals surface area contributed by atoms with Crippen molar-refractivity contribution in [3.63, 3.8) is 0 Å². The number of aryl methyl sites for hydroxylation is 1. The molecule has 1 aromatic heterocycles. The van der Waals surface area contributed by atoms with Gasteiger partial charge in [-0.1, -0.05) is 13.0 Å². The Hall–Kier alpha value is -1.49. The number of fused-ring (bicyclic) bond motifs is 1. The molecule has 2 unspecified atom stereocenters. The fourth-order valence-electron chi connectivity index (χ4n) is 3.36. The van der Waals surface area contributed by atoms with Gasteiger partial charge in [-0.2, -0.15) is 11.8 Å². The zero-order valence-corrected chi connectivity index (χ0v) is 13.2. The Bertz CT molecular complexity index is 680. The molecule has 0 aliphatic heterocycles. The van der Waals surface area contributed by atoms with Gasteiger partial charge < -0.3 is 9.67 Å². The summed E-state index contributed by atoms with van der Waals surface area (Å²) in [5.74, 6) is 0.103. The Morgan fingerprint density at radius 1 is 1.48 bits per heavy atom. The third-order valence-electron chi connectivity index (χ3n) is 4.40. The summed E-state index contributed by atoms with van der Waals surface area (Å²) in [6, 6.07) is 5.91. The number of benzene rings is 1. The van der Waals surface area contributed by atoms with Crippen LogP contribution in [0.5, 0.6) is 0 Å². The highest BCUT2D eigenvalue weighted by atomic mass is 32.2. The Morgan fingerprint density at radius 2 is 2.29 bits per heavy atom. The van der Waals surface area contributed by atoms with Gasteiger partial charge in [0.05, 0.1) is 11.1 Å². The van der Waals surface area contributed by atoms with Crippen molar-refractivity contribution < 1.29 is 9.90 Å². The number of aromatic nitrogens is 2. The van der Waals surface area contributed by atoms with Gasteiger partial charge in [-0.05, 0) is 37.7 Å². The van der Waals surface area contributed by atoms with E-state index >= 15 is 0 Å². The van der Waals surface area contributed by atoms with Crippen LogP contribution in [0.2, 0.25) is 0 Å². The second-order valence-electron chi connectivity index (χ2n) is 5.55. The van der Waals surface area contributed by atoms with Gasteiger partial charge in [0.1, 0.15) is 11.3 Å². The molecule has 1 fully saturated rings. The molecule has 0 saturated heterocycles. The summed E-state index contributed by atoms with van der Waals surface area (Å²) < 4.78 is 2.29. The number of rotatable bonds is 4. The summed E-state index contributed by atoms with van der Waals surface area (Å²) in [7, 11) is 0. The monoisotopic (exact) mass is 304 g/mol. The van der Waals surface area contributed by atoms with E-state index in [9.17, 15) is 9.90 Å². The van der Waals surface area contributed by atoms with Crippen LogP contribution in [0.1, 0.15) is 48.4 Å². The first-order valence-corrected chi connectivity index (χ1v) is 8.70. The second kappa shape index (κ2) is 5.72. The molecule has 4 nitrogen and oxygen atoms in total. The van der Waals surface area contributed by atoms with Crippen molar-refractivity contribution in [1.29, 1.82) is 0 Å². The molecule has 1 saturated carbocycles. The average Bonchev–Trinajstić information content (AvgIpc) is 3.09. The molecule has 0 spiro atoms. The number of thioether (sulfide) groups is 1. The van der Waals surface area contributed by atoms with Gasteiger partial charge in [0.2, 0.25) is 0 Å². The SMILES string of the molecule is CCc1nc2c(C(=O)O)cccc2n1C1CCC(SC)C1. The molecule has 0 amide bonds. The van der Waals surface area contributed by atoms with E-state index in [0.29, 0.717) is 22.4 Å². The highest BCUT2D eigenvalue weighted by Crippen LogP contribution is 2.39. The first-order chi connectivity index (χ1) is 10.2. The van der Waals surface area contributed by atoms with Crippen LogP contribution < -0.4 is 0 Å². The van der Waals surface area contributed by atoms with Gasteiger partial charge in [0, 0.05) is 17.7 Å². The van der Waals surface area contributed by atoms with Crippen molar-refractivity contribution in [2.24, 2.45) is 0 Å². The molecule has 1 aliphatic carbocycles. The molecule has 3 rings (SSSR count). The molecule has 1 aromatic carbocycles. The summed E-state index contributed by atoms with van der Waals surface area (Å²) >= 11 is 1.93. The zero-order valence-electron chi connectivity index (χ0n) is 12.4. The maximum absolute atomic E-state index is 11.4. The van der Waals surface area contributed by atoms with Crippen LogP contribution in [0.3, 0.4) is 0 Å². The van der Waals surface area contributed by atoms with Crippen molar-refractivity contribution in [3.05, 3.63) is 29.6 Å². The lowest BCUT2D eigenvalue weighted by Crippen LogP contribution is -2.09. The lowest BCUT2D eigenvalue weighted by molar-refractivity contribution is 0.0699. The van der Waals surface area contributed by atoms with Gasteiger partial charge >= 0.3 is 5.97 Å². The third kappa shape index (κ3) is 2.44. The minimum atomic E-state index is -0.902. The Balaban J connectivity index is 2.13. The van der Waals surface area contributed by atoms with Crippen LogP contribution in [0, 0.1) is 0 Å². The number of carboxylic acid groups (broad SMARTS) is 1. The van der Waals surface area contributed by atoms with Crippen LogP contribution in [0.4, 0.5) is 0 Å². The molecular formula is C16H20N2O2S. The molecule has 1 aliphatic rings. The predicted molar refractivity (Wildman–Crippen MR) is 86.3 cm³/mol. The van der Waals surface area contributed by atoms with Gasteiger partial charge in [-0.3, -0.25) is 0 Å². The van der Waals surface area contributed by atoms with Gasteiger partial charge in [0.15, 0.2) is 0 Å². The van der Waals surface area contributed by atoms with E-state index in [1.165, 1.54) is 6.42 Å². The van der Waals surface area contributed by atoms with Crippen molar-refractivity contribution in [1.82, 2.24) is 9.55 Å². The van der Waals surface area contributed by atoms with Crippen molar-refractivity contribution in [3.8, 4) is 0 Å². The molecule has 2 aromatic rings. The van der Waals surface area contributed by atoms with E-state index in [0.717, 1.165) is 30.6 Å². The first kappa shape index (κ1) is 14.4. The van der Waals surface area contributed by atoms with Gasteiger partial charge in [0.25, 0.3) is 0 Å². The summed E-state index contributed by atoms with van der Waals surface area (Å²) in [4.78, 5) is 16.0. The lowest BCUT2D eigenvalue weighted by Gasteiger charge is -2.16. The second-order valence-corrected chi connectivity index (χ2v) is 6.69. The maximum atomic E-state index is 11.4. The van der Waals surface area contributed by atoms with Crippen LogP contribution in [0.15, 0.2) is 18.2 Å². The van der Waals surface area contributed by atoms with E-state index in [2.05, 4.69) is 22.7 Å². The smallest absolute Gasteiger partial charge is 0.337 e. The molecule has 21 heavy (non-hydrogen) atoms. The predicted octanol–water partition coefficient (Wildman–Crippen LogP) is 3.75. The Morgan fingerprint density at radius 3 is 2.90 bits per heavy atom. The largest absolute Gasteiger partial charge is 0.478 e. The normalized spacial score (nSPS) is 22.0. The van der Waals surface area contributed by atoms with Gasteiger partial charge in [-0.15, -0.1) is 0 Å². The number of carboxylic acids is 1. The van der Waals surface area contributed by atoms with Crippen LogP contribution in [-0.4, -0.2) is 32.1 Å². The first-order valence-electron chi connectivity index (χ1n) is 7.41. The van der Waals surface area contributed by atoms with Crippen LogP contribution in [0.25, 0.3) is 11.0 Å². The fraction of sp³-hybridized carbons (Fsp3) is 0.500. The van der Waals surface area contributed by atoms with E-state index < -0.39 is 5.97 Å². The van der Waals surface area contributed by atoms with E-state index in [4.69, 9.17) is 0 Å². The molecule has 112 valence electrons. The van der Waals surface area contributed by atoms with Gasteiger partial charge in [-0.25, -0.2) is 9.78 Å². The number of carbonyl (C=O) groups is 1. The number of para-hydroxylation sites is 1. The van der Waals surface area contributed by atoms with E-state index in [-0.39, 0.29) is 0 Å². The zero-order chi connectivity index (χ0) is 15.0. The molecule has 0 bridgehead atoms. The van der Waals surface area contributed by atoms with Crippen molar-refractivity contribution in [2.75, 3.05) is 6.26 Å². The van der Waals surface area contributed by atoms with E-state index in [1.807, 2.05) is 23.9 Å². The molecule has 0 radical (unpaired) electrons. The number of nitrogens with zero attached hydrogens (tertiary/aromatic N) is 2. The molecule has 1 heterocycles. The van der Waals surface area contributed by atoms with Crippen LogP contribution in [-0.2, 0) is 6.42 Å². The fourth-order valence-corrected chi connectivity index (χ4v) is 4.15. The third-order valence-corrected chi connectivity index (χ3v) is 5.49. The number of aromatic carboxylic acids is 1. The maximum Gasteiger partial charge on any atom is 0.337 e. The minimum Gasteiger partial charge on any atom is -0.478 e. The molecular weight excluding hydrogens is 284 g/mol. The summed E-state index contributed by atoms with van der Waals surface area (Å²) in [5.41, 5.74) is 1.91. The number of hydrogen-bond donors (Lipinski definition) is 1. The number of imidazole rings is 1. The van der Waals surface area contributed by atoms with Crippen molar-refractivity contribution in [2.45, 2.75) is 43.9 Å².